The third-order valence-corrected chi connectivity index (χ3v) is 2.15. The highest BCUT2D eigenvalue weighted by molar-refractivity contribution is 5.85. The van der Waals surface area contributed by atoms with E-state index < -0.39 is 0 Å². The van der Waals surface area contributed by atoms with Crippen molar-refractivity contribution in [1.29, 1.82) is 0 Å². The minimum absolute atomic E-state index is 0. The molecular formula is C12H20ClNO3. The Hall–Kier alpha value is -0.970. The summed E-state index contributed by atoms with van der Waals surface area (Å²) < 4.78 is 10.7. The van der Waals surface area contributed by atoms with E-state index in [0.29, 0.717) is 19.7 Å². The summed E-state index contributed by atoms with van der Waals surface area (Å²) in [4.78, 5) is 0. The molecule has 0 radical (unpaired) electrons. The summed E-state index contributed by atoms with van der Waals surface area (Å²) in [6.07, 6.45) is 0. The maximum Gasteiger partial charge on any atom is 0.161 e. The number of hydrogen-bond donors (Lipinski definition) is 2. The van der Waals surface area contributed by atoms with Crippen LogP contribution in [0.25, 0.3) is 0 Å². The van der Waals surface area contributed by atoms with E-state index in [4.69, 9.17) is 14.6 Å². The smallest absolute Gasteiger partial charge is 0.161 e. The van der Waals surface area contributed by atoms with E-state index in [1.165, 1.54) is 0 Å². The lowest BCUT2D eigenvalue weighted by Gasteiger charge is -2.11. The van der Waals surface area contributed by atoms with Crippen LogP contribution < -0.4 is 14.8 Å². The molecule has 0 atom stereocenters. The Morgan fingerprint density at radius 1 is 1.29 bits per heavy atom. The van der Waals surface area contributed by atoms with Crippen LogP contribution in [0.2, 0.25) is 0 Å². The van der Waals surface area contributed by atoms with Gasteiger partial charge in [-0.1, -0.05) is 6.07 Å². The molecule has 5 heteroatoms. The van der Waals surface area contributed by atoms with Crippen molar-refractivity contribution in [2.75, 3.05) is 26.9 Å². The van der Waals surface area contributed by atoms with Gasteiger partial charge in [-0.2, -0.15) is 0 Å². The lowest BCUT2D eigenvalue weighted by Crippen LogP contribution is -2.17. The maximum atomic E-state index is 8.66. The average Bonchev–Trinajstić information content (AvgIpc) is 2.30. The molecule has 0 spiro atoms. The highest BCUT2D eigenvalue weighted by Gasteiger charge is 2.04. The number of ether oxygens (including phenoxy) is 2. The molecule has 0 aliphatic carbocycles. The highest BCUT2D eigenvalue weighted by Crippen LogP contribution is 2.27. The Morgan fingerprint density at radius 2 is 2.06 bits per heavy atom. The van der Waals surface area contributed by atoms with Crippen LogP contribution in [0.5, 0.6) is 11.5 Å². The molecule has 0 fully saturated rings. The Kier molecular flexibility index (Phi) is 8.58. The summed E-state index contributed by atoms with van der Waals surface area (Å²) in [6.45, 7) is 4.01. The van der Waals surface area contributed by atoms with Crippen molar-refractivity contribution >= 4 is 12.4 Å². The number of halogens is 1. The molecular weight excluding hydrogens is 242 g/mol. The topological polar surface area (TPSA) is 50.7 Å². The first kappa shape index (κ1) is 16.0. The van der Waals surface area contributed by atoms with Crippen LogP contribution in [0.3, 0.4) is 0 Å². The van der Waals surface area contributed by atoms with Crippen LogP contribution in [0.1, 0.15) is 12.5 Å². The van der Waals surface area contributed by atoms with E-state index >= 15 is 0 Å². The largest absolute Gasteiger partial charge is 0.493 e. The third-order valence-electron chi connectivity index (χ3n) is 2.15. The monoisotopic (exact) mass is 261 g/mol. The van der Waals surface area contributed by atoms with E-state index in [2.05, 4.69) is 5.32 Å². The third kappa shape index (κ3) is 5.26. The fraction of sp³-hybridized carbons (Fsp3) is 0.500. The van der Waals surface area contributed by atoms with E-state index in [1.807, 2.05) is 25.1 Å². The standard InChI is InChI=1S/C12H19NO3.ClH/c1-3-16-12-8-10(9-13-6-7-14)4-5-11(12)15-2;/h4-5,8,13-14H,3,6-7,9H2,1-2H3;1H. The molecule has 0 aliphatic rings. The second-order valence-electron chi connectivity index (χ2n) is 3.32. The zero-order valence-corrected chi connectivity index (χ0v) is 11.0. The van der Waals surface area contributed by atoms with Crippen molar-refractivity contribution in [3.8, 4) is 11.5 Å². The van der Waals surface area contributed by atoms with Gasteiger partial charge in [0.05, 0.1) is 20.3 Å². The predicted molar refractivity (Wildman–Crippen MR) is 70.2 cm³/mol. The van der Waals surface area contributed by atoms with Gasteiger partial charge in [0.1, 0.15) is 0 Å². The summed E-state index contributed by atoms with van der Waals surface area (Å²) in [5.74, 6) is 1.50. The van der Waals surface area contributed by atoms with Crippen LogP contribution in [0.4, 0.5) is 0 Å². The number of methoxy groups -OCH3 is 1. The predicted octanol–water partition coefficient (Wildman–Crippen LogP) is 1.60. The molecule has 0 bridgehead atoms. The lowest BCUT2D eigenvalue weighted by atomic mass is 10.2. The van der Waals surface area contributed by atoms with Crippen molar-refractivity contribution in [2.24, 2.45) is 0 Å². The lowest BCUT2D eigenvalue weighted by molar-refractivity contribution is 0.291. The fourth-order valence-electron chi connectivity index (χ4n) is 1.41. The van der Waals surface area contributed by atoms with Gasteiger partial charge in [-0.05, 0) is 24.6 Å². The van der Waals surface area contributed by atoms with E-state index in [1.54, 1.807) is 7.11 Å². The van der Waals surface area contributed by atoms with Crippen molar-refractivity contribution in [1.82, 2.24) is 5.32 Å². The van der Waals surface area contributed by atoms with Gasteiger partial charge < -0.3 is 19.9 Å². The summed E-state index contributed by atoms with van der Waals surface area (Å²) in [5.41, 5.74) is 1.11. The van der Waals surface area contributed by atoms with Gasteiger partial charge in [-0.25, -0.2) is 0 Å². The van der Waals surface area contributed by atoms with Gasteiger partial charge in [0, 0.05) is 13.1 Å². The summed E-state index contributed by atoms with van der Waals surface area (Å²) >= 11 is 0. The van der Waals surface area contributed by atoms with Gasteiger partial charge in [-0.3, -0.25) is 0 Å². The molecule has 0 saturated carbocycles. The fourth-order valence-corrected chi connectivity index (χ4v) is 1.41. The van der Waals surface area contributed by atoms with Crippen molar-refractivity contribution in [3.63, 3.8) is 0 Å². The van der Waals surface area contributed by atoms with Crippen molar-refractivity contribution in [3.05, 3.63) is 23.8 Å². The molecule has 0 amide bonds. The molecule has 98 valence electrons. The summed E-state index contributed by atoms with van der Waals surface area (Å²) in [7, 11) is 1.63. The van der Waals surface area contributed by atoms with Crippen LogP contribution in [-0.2, 0) is 6.54 Å². The first-order valence-corrected chi connectivity index (χ1v) is 5.43. The summed E-state index contributed by atoms with van der Waals surface area (Å²) in [5, 5.41) is 11.8. The number of nitrogens with one attached hydrogen (secondary N) is 1. The molecule has 0 aliphatic heterocycles. The van der Waals surface area contributed by atoms with Crippen LogP contribution >= 0.6 is 12.4 Å². The van der Waals surface area contributed by atoms with Crippen LogP contribution in [0, 0.1) is 0 Å². The maximum absolute atomic E-state index is 8.66. The van der Waals surface area contributed by atoms with Gasteiger partial charge in [0.25, 0.3) is 0 Å². The first-order valence-electron chi connectivity index (χ1n) is 5.43. The molecule has 0 saturated heterocycles. The minimum Gasteiger partial charge on any atom is -0.493 e. The Bertz CT molecular complexity index is 321. The number of rotatable bonds is 7. The van der Waals surface area contributed by atoms with Crippen LogP contribution in [-0.4, -0.2) is 32.0 Å². The van der Waals surface area contributed by atoms with Gasteiger partial charge in [0.15, 0.2) is 11.5 Å². The van der Waals surface area contributed by atoms with Crippen LogP contribution in [0.15, 0.2) is 18.2 Å². The minimum atomic E-state index is 0. The number of aliphatic hydroxyl groups is 1. The Balaban J connectivity index is 0.00000256. The quantitative estimate of drug-likeness (QED) is 0.732. The second-order valence-corrected chi connectivity index (χ2v) is 3.32. The SMILES string of the molecule is CCOc1cc(CNCCO)ccc1OC.Cl. The Labute approximate surface area is 108 Å². The van der Waals surface area contributed by atoms with E-state index in [0.717, 1.165) is 17.1 Å². The molecule has 1 aromatic rings. The second kappa shape index (κ2) is 9.10. The average molecular weight is 262 g/mol. The molecule has 0 unspecified atom stereocenters. The highest BCUT2D eigenvalue weighted by atomic mass is 35.5. The molecule has 0 aromatic heterocycles. The van der Waals surface area contributed by atoms with Gasteiger partial charge in [0.2, 0.25) is 0 Å². The zero-order valence-electron chi connectivity index (χ0n) is 10.2. The number of hydrogen-bond acceptors (Lipinski definition) is 4. The van der Waals surface area contributed by atoms with Gasteiger partial charge in [-0.15, -0.1) is 12.4 Å². The molecule has 4 nitrogen and oxygen atoms in total. The Morgan fingerprint density at radius 3 is 2.65 bits per heavy atom. The molecule has 17 heavy (non-hydrogen) atoms. The van der Waals surface area contributed by atoms with E-state index in [9.17, 15) is 0 Å². The van der Waals surface area contributed by atoms with E-state index in [-0.39, 0.29) is 19.0 Å². The molecule has 1 rings (SSSR count). The normalized spacial score (nSPS) is 9.59. The molecule has 1 aromatic carbocycles. The molecule has 2 N–H and O–H groups in total. The molecule has 0 heterocycles. The van der Waals surface area contributed by atoms with Gasteiger partial charge >= 0.3 is 0 Å². The number of aliphatic hydroxyl groups excluding tert-OH is 1. The number of benzene rings is 1. The first-order chi connectivity index (χ1) is 7.81. The zero-order chi connectivity index (χ0) is 11.8. The van der Waals surface area contributed by atoms with Crippen molar-refractivity contribution in [2.45, 2.75) is 13.5 Å². The summed E-state index contributed by atoms with van der Waals surface area (Å²) in [6, 6.07) is 5.82. The van der Waals surface area contributed by atoms with Crippen molar-refractivity contribution < 1.29 is 14.6 Å².